The number of hydrogen-bond donors (Lipinski definition) is 1. The molecule has 0 bridgehead atoms. The summed E-state index contributed by atoms with van der Waals surface area (Å²) in [6, 6.07) is 18.6. The maximum absolute atomic E-state index is 8.70. The molecule has 112 valence electrons. The van der Waals surface area contributed by atoms with Gasteiger partial charge in [-0.2, -0.15) is 0 Å². The van der Waals surface area contributed by atoms with E-state index in [1.807, 2.05) is 18.2 Å². The molecule has 0 aliphatic heterocycles. The summed E-state index contributed by atoms with van der Waals surface area (Å²) in [4.78, 5) is 0. The fourth-order valence-corrected chi connectivity index (χ4v) is 2.31. The predicted octanol–water partition coefficient (Wildman–Crippen LogP) is 4.68. The first-order chi connectivity index (χ1) is 10.4. The second kappa shape index (κ2) is 9.19. The smallest absolute Gasteiger partial charge is 0.119 e. The van der Waals surface area contributed by atoms with Crippen molar-refractivity contribution in [3.63, 3.8) is 0 Å². The molecular weight excluding hydrogens is 260 g/mol. The molecular formula is C19H24O2. The molecule has 2 rings (SSSR count). The largest absolute Gasteiger partial charge is 0.494 e. The van der Waals surface area contributed by atoms with Crippen molar-refractivity contribution in [1.29, 1.82) is 0 Å². The van der Waals surface area contributed by atoms with Gasteiger partial charge in [-0.25, -0.2) is 0 Å². The Morgan fingerprint density at radius 2 is 1.29 bits per heavy atom. The van der Waals surface area contributed by atoms with E-state index in [0.717, 1.165) is 31.6 Å². The summed E-state index contributed by atoms with van der Waals surface area (Å²) in [7, 11) is 0. The summed E-state index contributed by atoms with van der Waals surface area (Å²) in [6.45, 7) is 1.08. The molecule has 0 aliphatic rings. The molecule has 0 fully saturated rings. The normalized spacial score (nSPS) is 10.5. The molecule has 0 atom stereocenters. The van der Waals surface area contributed by atoms with Gasteiger partial charge in [-0.3, -0.25) is 0 Å². The Hall–Kier alpha value is -1.80. The second-order valence-corrected chi connectivity index (χ2v) is 5.23. The molecule has 2 nitrogen and oxygen atoms in total. The number of unbranched alkanes of at least 4 members (excludes halogenated alkanes) is 4. The molecule has 1 N–H and O–H groups in total. The highest BCUT2D eigenvalue weighted by Crippen LogP contribution is 2.22. The van der Waals surface area contributed by atoms with E-state index in [-0.39, 0.29) is 0 Å². The van der Waals surface area contributed by atoms with Crippen molar-refractivity contribution in [3.8, 4) is 16.9 Å². The van der Waals surface area contributed by atoms with Crippen LogP contribution in [0.2, 0.25) is 0 Å². The van der Waals surface area contributed by atoms with Crippen LogP contribution in [0.1, 0.15) is 32.1 Å². The van der Waals surface area contributed by atoms with Crippen LogP contribution in [0.15, 0.2) is 54.6 Å². The summed E-state index contributed by atoms with van der Waals surface area (Å²) in [6.07, 6.45) is 5.45. The predicted molar refractivity (Wildman–Crippen MR) is 87.5 cm³/mol. The number of aliphatic hydroxyl groups is 1. The molecule has 21 heavy (non-hydrogen) atoms. The lowest BCUT2D eigenvalue weighted by Gasteiger charge is -2.07. The van der Waals surface area contributed by atoms with Crippen molar-refractivity contribution < 1.29 is 9.84 Å². The van der Waals surface area contributed by atoms with E-state index in [0.29, 0.717) is 6.61 Å². The van der Waals surface area contributed by atoms with Gasteiger partial charge < -0.3 is 9.84 Å². The van der Waals surface area contributed by atoms with Gasteiger partial charge in [0, 0.05) is 6.61 Å². The molecule has 0 aromatic heterocycles. The van der Waals surface area contributed by atoms with Crippen molar-refractivity contribution in [2.24, 2.45) is 0 Å². The maximum atomic E-state index is 8.70. The molecule has 0 amide bonds. The first-order valence-electron chi connectivity index (χ1n) is 7.79. The van der Waals surface area contributed by atoms with Crippen molar-refractivity contribution in [1.82, 2.24) is 0 Å². The zero-order chi connectivity index (χ0) is 14.8. The summed E-state index contributed by atoms with van der Waals surface area (Å²) in [5.74, 6) is 0.935. The Morgan fingerprint density at radius 3 is 2.00 bits per heavy atom. The maximum Gasteiger partial charge on any atom is 0.119 e. The van der Waals surface area contributed by atoms with E-state index in [2.05, 4.69) is 36.4 Å². The molecule has 0 radical (unpaired) electrons. The average Bonchev–Trinajstić information content (AvgIpc) is 2.55. The lowest BCUT2D eigenvalue weighted by molar-refractivity contribution is 0.278. The number of aliphatic hydroxyl groups excluding tert-OH is 1. The monoisotopic (exact) mass is 284 g/mol. The average molecular weight is 284 g/mol. The first-order valence-corrected chi connectivity index (χ1v) is 7.79. The lowest BCUT2D eigenvalue weighted by Crippen LogP contribution is -1.97. The van der Waals surface area contributed by atoms with Gasteiger partial charge in [0.2, 0.25) is 0 Å². The minimum absolute atomic E-state index is 0.310. The summed E-state index contributed by atoms with van der Waals surface area (Å²) >= 11 is 0. The summed E-state index contributed by atoms with van der Waals surface area (Å²) in [5.41, 5.74) is 2.44. The Balaban J connectivity index is 1.71. The first kappa shape index (κ1) is 15.6. The molecule has 0 aliphatic carbocycles. The molecule has 0 heterocycles. The van der Waals surface area contributed by atoms with Gasteiger partial charge >= 0.3 is 0 Å². The van der Waals surface area contributed by atoms with Crippen LogP contribution in [-0.4, -0.2) is 18.3 Å². The van der Waals surface area contributed by atoms with Crippen LogP contribution in [-0.2, 0) is 0 Å². The zero-order valence-electron chi connectivity index (χ0n) is 12.5. The van der Waals surface area contributed by atoms with Gasteiger partial charge in [-0.05, 0) is 36.1 Å². The van der Waals surface area contributed by atoms with Gasteiger partial charge in [-0.15, -0.1) is 0 Å². The highest BCUT2D eigenvalue weighted by Gasteiger charge is 1.98. The van der Waals surface area contributed by atoms with Gasteiger partial charge in [0.05, 0.1) is 6.61 Å². The topological polar surface area (TPSA) is 29.5 Å². The van der Waals surface area contributed by atoms with Gasteiger partial charge in [0.25, 0.3) is 0 Å². The number of benzene rings is 2. The van der Waals surface area contributed by atoms with Gasteiger partial charge in [-0.1, -0.05) is 61.7 Å². The number of ether oxygens (including phenoxy) is 1. The minimum Gasteiger partial charge on any atom is -0.494 e. The van der Waals surface area contributed by atoms with E-state index in [1.54, 1.807) is 0 Å². The number of hydrogen-bond acceptors (Lipinski definition) is 2. The molecule has 2 aromatic rings. The quantitative estimate of drug-likeness (QED) is 0.678. The van der Waals surface area contributed by atoms with Gasteiger partial charge in [0.15, 0.2) is 0 Å². The molecule has 0 spiro atoms. The summed E-state index contributed by atoms with van der Waals surface area (Å²) in [5, 5.41) is 8.70. The van der Waals surface area contributed by atoms with Crippen LogP contribution in [0, 0.1) is 0 Å². The summed E-state index contributed by atoms with van der Waals surface area (Å²) < 4.78 is 5.75. The fraction of sp³-hybridized carbons (Fsp3) is 0.368. The molecule has 2 heteroatoms. The van der Waals surface area contributed by atoms with E-state index in [9.17, 15) is 0 Å². The van der Waals surface area contributed by atoms with Crippen molar-refractivity contribution >= 4 is 0 Å². The minimum atomic E-state index is 0.310. The van der Waals surface area contributed by atoms with Crippen molar-refractivity contribution in [2.45, 2.75) is 32.1 Å². The van der Waals surface area contributed by atoms with Crippen LogP contribution in [0.3, 0.4) is 0 Å². The standard InChI is InChI=1S/C19H24O2/c20-15-7-2-1-3-8-16-21-19-13-11-18(12-14-19)17-9-5-4-6-10-17/h4-6,9-14,20H,1-3,7-8,15-16H2. The van der Waals surface area contributed by atoms with Crippen LogP contribution in [0.5, 0.6) is 5.75 Å². The fourth-order valence-electron chi connectivity index (χ4n) is 2.31. The molecule has 0 saturated heterocycles. The molecule has 0 saturated carbocycles. The Kier molecular flexibility index (Phi) is 6.82. The Morgan fingerprint density at radius 1 is 0.667 bits per heavy atom. The lowest BCUT2D eigenvalue weighted by atomic mass is 10.1. The molecule has 2 aromatic carbocycles. The highest BCUT2D eigenvalue weighted by atomic mass is 16.5. The zero-order valence-corrected chi connectivity index (χ0v) is 12.5. The highest BCUT2D eigenvalue weighted by molar-refractivity contribution is 5.63. The van der Waals surface area contributed by atoms with Crippen molar-refractivity contribution in [2.75, 3.05) is 13.2 Å². The Bertz CT molecular complexity index is 491. The van der Waals surface area contributed by atoms with Crippen LogP contribution in [0.4, 0.5) is 0 Å². The van der Waals surface area contributed by atoms with Crippen LogP contribution < -0.4 is 4.74 Å². The third-order valence-corrected chi connectivity index (χ3v) is 3.53. The molecule has 0 unspecified atom stereocenters. The number of rotatable bonds is 9. The van der Waals surface area contributed by atoms with E-state index >= 15 is 0 Å². The Labute approximate surface area is 127 Å². The third-order valence-electron chi connectivity index (χ3n) is 3.53. The van der Waals surface area contributed by atoms with E-state index in [1.165, 1.54) is 24.0 Å². The van der Waals surface area contributed by atoms with E-state index in [4.69, 9.17) is 9.84 Å². The van der Waals surface area contributed by atoms with Crippen LogP contribution in [0.25, 0.3) is 11.1 Å². The SMILES string of the molecule is OCCCCCCCOc1ccc(-c2ccccc2)cc1. The second-order valence-electron chi connectivity index (χ2n) is 5.23. The third kappa shape index (κ3) is 5.60. The van der Waals surface area contributed by atoms with Crippen molar-refractivity contribution in [3.05, 3.63) is 54.6 Å². The van der Waals surface area contributed by atoms with Gasteiger partial charge in [0.1, 0.15) is 5.75 Å². The van der Waals surface area contributed by atoms with Crippen LogP contribution >= 0.6 is 0 Å². The van der Waals surface area contributed by atoms with E-state index < -0.39 is 0 Å².